The van der Waals surface area contributed by atoms with E-state index in [1.54, 1.807) is 68.1 Å². The van der Waals surface area contributed by atoms with Crippen LogP contribution < -0.4 is 20.7 Å². The number of hydrogen-bond donors (Lipinski definition) is 3. The molecule has 9 nitrogen and oxygen atoms in total. The van der Waals surface area contributed by atoms with Crippen LogP contribution in [0.25, 0.3) is 0 Å². The normalized spacial score (nSPS) is 15.5. The van der Waals surface area contributed by atoms with E-state index >= 15 is 0 Å². The number of carbonyl (C=O) groups is 3. The van der Waals surface area contributed by atoms with Crippen molar-refractivity contribution in [1.29, 1.82) is 0 Å². The van der Waals surface area contributed by atoms with Crippen LogP contribution in [0.4, 0.5) is 21.0 Å². The third-order valence-corrected chi connectivity index (χ3v) is 5.46. The van der Waals surface area contributed by atoms with Gasteiger partial charge in [-0.2, -0.15) is 0 Å². The summed E-state index contributed by atoms with van der Waals surface area (Å²) in [4.78, 5) is 39.7. The average Bonchev–Trinajstić information content (AvgIpc) is 2.81. The molecule has 1 aliphatic rings. The fraction of sp³-hybridized carbons (Fsp3) is 0.346. The Morgan fingerprint density at radius 2 is 1.77 bits per heavy atom. The zero-order valence-corrected chi connectivity index (χ0v) is 20.7. The van der Waals surface area contributed by atoms with Crippen LogP contribution in [0.2, 0.25) is 0 Å². The summed E-state index contributed by atoms with van der Waals surface area (Å²) in [7, 11) is 1.53. The summed E-state index contributed by atoms with van der Waals surface area (Å²) >= 11 is 0. The van der Waals surface area contributed by atoms with E-state index in [1.807, 2.05) is 13.0 Å². The summed E-state index contributed by atoms with van der Waals surface area (Å²) in [6.07, 6.45) is 0.452. The molecule has 0 saturated carbocycles. The number of allylic oxidation sites excluding steroid dienone is 1. The average molecular weight is 481 g/mol. The van der Waals surface area contributed by atoms with E-state index in [0.29, 0.717) is 40.5 Å². The fourth-order valence-electron chi connectivity index (χ4n) is 3.86. The van der Waals surface area contributed by atoms with E-state index in [1.165, 1.54) is 7.11 Å². The SMILES string of the molecule is CCCN1C(=O)NC(c2ccc(NC(=O)Nc3ccccc3OC)cc2)C(C(=O)OC(C)C)=C1C. The molecule has 1 unspecified atom stereocenters. The number of amides is 4. The van der Waals surface area contributed by atoms with Crippen LogP contribution in [0.5, 0.6) is 5.75 Å². The number of anilines is 2. The van der Waals surface area contributed by atoms with Crippen LogP contribution in [0, 0.1) is 0 Å². The minimum Gasteiger partial charge on any atom is -0.495 e. The van der Waals surface area contributed by atoms with Crippen molar-refractivity contribution in [3.05, 3.63) is 65.4 Å². The smallest absolute Gasteiger partial charge is 0.338 e. The second-order valence-corrected chi connectivity index (χ2v) is 8.39. The van der Waals surface area contributed by atoms with Gasteiger partial charge in [-0.1, -0.05) is 31.2 Å². The lowest BCUT2D eigenvalue weighted by molar-refractivity contribution is -0.143. The van der Waals surface area contributed by atoms with Crippen LogP contribution in [0.1, 0.15) is 45.7 Å². The molecule has 0 aromatic heterocycles. The number of carbonyl (C=O) groups excluding carboxylic acids is 3. The lowest BCUT2D eigenvalue weighted by Gasteiger charge is -2.35. The molecule has 4 amide bonds. The molecule has 2 aromatic rings. The minimum absolute atomic E-state index is 0.270. The van der Waals surface area contributed by atoms with Gasteiger partial charge < -0.3 is 25.4 Å². The first-order valence-electron chi connectivity index (χ1n) is 11.6. The Hall–Kier alpha value is -4.01. The van der Waals surface area contributed by atoms with E-state index in [4.69, 9.17) is 9.47 Å². The highest BCUT2D eigenvalue weighted by molar-refractivity contribution is 6.00. The number of esters is 1. The standard InChI is InChI=1S/C26H32N4O5/c1-6-15-30-17(4)22(24(31)35-16(2)3)23(29-26(30)33)18-11-13-19(14-12-18)27-25(32)28-20-9-7-8-10-21(20)34-5/h7-14,16,23H,6,15H2,1-5H3,(H,29,33)(H2,27,28,32). The molecule has 2 aromatic carbocycles. The Labute approximate surface area is 205 Å². The van der Waals surface area contributed by atoms with Gasteiger partial charge in [0.2, 0.25) is 0 Å². The summed E-state index contributed by atoms with van der Waals surface area (Å²) in [5.74, 6) is 0.0770. The first kappa shape index (κ1) is 25.6. The zero-order valence-electron chi connectivity index (χ0n) is 20.7. The second kappa shape index (κ2) is 11.4. The van der Waals surface area contributed by atoms with Gasteiger partial charge >= 0.3 is 18.0 Å². The molecule has 1 atom stereocenters. The molecular weight excluding hydrogens is 448 g/mol. The van der Waals surface area contributed by atoms with Crippen molar-refractivity contribution in [2.75, 3.05) is 24.3 Å². The van der Waals surface area contributed by atoms with Gasteiger partial charge in [0, 0.05) is 17.9 Å². The molecule has 3 rings (SSSR count). The predicted molar refractivity (Wildman–Crippen MR) is 134 cm³/mol. The van der Waals surface area contributed by atoms with Crippen LogP contribution >= 0.6 is 0 Å². The molecule has 0 saturated heterocycles. The number of para-hydroxylation sites is 2. The zero-order chi connectivity index (χ0) is 25.5. The second-order valence-electron chi connectivity index (χ2n) is 8.39. The first-order chi connectivity index (χ1) is 16.7. The topological polar surface area (TPSA) is 109 Å². The lowest BCUT2D eigenvalue weighted by Crippen LogP contribution is -2.48. The van der Waals surface area contributed by atoms with Gasteiger partial charge in [-0.05, 0) is 57.0 Å². The highest BCUT2D eigenvalue weighted by Gasteiger charge is 2.36. The van der Waals surface area contributed by atoms with E-state index in [9.17, 15) is 14.4 Å². The maximum Gasteiger partial charge on any atom is 0.338 e. The molecule has 0 aliphatic carbocycles. The highest BCUT2D eigenvalue weighted by atomic mass is 16.5. The Kier molecular flexibility index (Phi) is 8.35. The molecular formula is C26H32N4O5. The summed E-state index contributed by atoms with van der Waals surface area (Å²) in [6, 6.07) is 12.7. The molecule has 35 heavy (non-hydrogen) atoms. The first-order valence-corrected chi connectivity index (χ1v) is 11.6. The van der Waals surface area contributed by atoms with Crippen molar-refractivity contribution in [3.63, 3.8) is 0 Å². The Morgan fingerprint density at radius 1 is 1.09 bits per heavy atom. The van der Waals surface area contributed by atoms with Crippen LogP contribution in [0.3, 0.4) is 0 Å². The molecule has 186 valence electrons. The Morgan fingerprint density at radius 3 is 2.40 bits per heavy atom. The van der Waals surface area contributed by atoms with E-state index in [-0.39, 0.29) is 12.1 Å². The number of hydrogen-bond acceptors (Lipinski definition) is 5. The number of nitrogens with zero attached hydrogens (tertiary/aromatic N) is 1. The predicted octanol–water partition coefficient (Wildman–Crippen LogP) is 5.04. The summed E-state index contributed by atoms with van der Waals surface area (Å²) < 4.78 is 10.7. The summed E-state index contributed by atoms with van der Waals surface area (Å²) in [5, 5.41) is 8.44. The van der Waals surface area contributed by atoms with E-state index in [0.717, 1.165) is 6.42 Å². The van der Waals surface area contributed by atoms with Crippen molar-refractivity contribution >= 4 is 29.4 Å². The van der Waals surface area contributed by atoms with Gasteiger partial charge in [-0.25, -0.2) is 14.4 Å². The van der Waals surface area contributed by atoms with Crippen LogP contribution in [-0.4, -0.2) is 42.7 Å². The van der Waals surface area contributed by atoms with Crippen LogP contribution in [0.15, 0.2) is 59.8 Å². The molecule has 0 bridgehead atoms. The molecule has 9 heteroatoms. The van der Waals surface area contributed by atoms with Gasteiger partial charge in [-0.15, -0.1) is 0 Å². The molecule has 1 aliphatic heterocycles. The fourth-order valence-corrected chi connectivity index (χ4v) is 3.86. The van der Waals surface area contributed by atoms with Gasteiger partial charge in [0.1, 0.15) is 5.75 Å². The number of methoxy groups -OCH3 is 1. The quantitative estimate of drug-likeness (QED) is 0.459. The van der Waals surface area contributed by atoms with Crippen molar-refractivity contribution in [2.24, 2.45) is 0 Å². The van der Waals surface area contributed by atoms with Gasteiger partial charge in [0.05, 0.1) is 30.5 Å². The van der Waals surface area contributed by atoms with Gasteiger partial charge in [0.25, 0.3) is 0 Å². The van der Waals surface area contributed by atoms with Gasteiger partial charge in [-0.3, -0.25) is 4.90 Å². The molecule has 0 radical (unpaired) electrons. The highest BCUT2D eigenvalue weighted by Crippen LogP contribution is 2.32. The summed E-state index contributed by atoms with van der Waals surface area (Å²) in [6.45, 7) is 7.78. The van der Waals surface area contributed by atoms with Crippen LogP contribution in [-0.2, 0) is 9.53 Å². The molecule has 0 fully saturated rings. The van der Waals surface area contributed by atoms with E-state index < -0.39 is 18.0 Å². The Balaban J connectivity index is 1.81. The maximum absolute atomic E-state index is 13.0. The summed E-state index contributed by atoms with van der Waals surface area (Å²) in [5.41, 5.74) is 2.74. The molecule has 1 heterocycles. The number of rotatable bonds is 8. The number of urea groups is 2. The number of ether oxygens (including phenoxy) is 2. The van der Waals surface area contributed by atoms with Crippen molar-refractivity contribution in [3.8, 4) is 5.75 Å². The molecule has 0 spiro atoms. The van der Waals surface area contributed by atoms with Gasteiger partial charge in [0.15, 0.2) is 0 Å². The Bertz CT molecular complexity index is 1110. The third-order valence-electron chi connectivity index (χ3n) is 5.46. The maximum atomic E-state index is 13.0. The van der Waals surface area contributed by atoms with Crippen molar-refractivity contribution in [2.45, 2.75) is 46.3 Å². The van der Waals surface area contributed by atoms with Crippen molar-refractivity contribution in [1.82, 2.24) is 10.2 Å². The number of nitrogens with one attached hydrogen (secondary N) is 3. The largest absolute Gasteiger partial charge is 0.495 e. The number of benzene rings is 2. The third kappa shape index (κ3) is 6.11. The minimum atomic E-state index is -0.668. The molecule has 3 N–H and O–H groups in total. The lowest BCUT2D eigenvalue weighted by atomic mass is 9.94. The van der Waals surface area contributed by atoms with Crippen molar-refractivity contribution < 1.29 is 23.9 Å². The monoisotopic (exact) mass is 480 g/mol. The van der Waals surface area contributed by atoms with E-state index in [2.05, 4.69) is 16.0 Å².